The van der Waals surface area contributed by atoms with Gasteiger partial charge in [0.1, 0.15) is 17.3 Å². The summed E-state index contributed by atoms with van der Waals surface area (Å²) in [5.74, 6) is 1.41. The average molecular weight is 281 g/mol. The van der Waals surface area contributed by atoms with Crippen molar-refractivity contribution < 1.29 is 0 Å². The van der Waals surface area contributed by atoms with Crippen LogP contribution in [0, 0.1) is 6.92 Å². The number of rotatable bonds is 4. The molecule has 1 aliphatic rings. The van der Waals surface area contributed by atoms with E-state index in [0.717, 1.165) is 24.5 Å². The molecular weight excluding hydrogens is 264 g/mol. The minimum Gasteiger partial charge on any atom is -0.368 e. The third-order valence-electron chi connectivity index (χ3n) is 3.52. The Morgan fingerprint density at radius 3 is 2.95 bits per heavy atom. The van der Waals surface area contributed by atoms with Crippen molar-refractivity contribution in [2.75, 3.05) is 31.5 Å². The Labute approximate surface area is 116 Å². The molecule has 19 heavy (non-hydrogen) atoms. The lowest BCUT2D eigenvalue weighted by molar-refractivity contribution is 0.352. The molecule has 1 N–H and O–H groups in total. The summed E-state index contributed by atoms with van der Waals surface area (Å²) in [6.07, 6.45) is 4.12. The second-order valence-corrected chi connectivity index (χ2v) is 5.18. The second-order valence-electron chi connectivity index (χ2n) is 4.82. The molecule has 0 bridgehead atoms. The van der Waals surface area contributed by atoms with E-state index in [1.165, 1.54) is 32.3 Å². The summed E-state index contributed by atoms with van der Waals surface area (Å²) >= 11 is 6.11. The van der Waals surface area contributed by atoms with Crippen LogP contribution in [0.25, 0.3) is 5.78 Å². The summed E-state index contributed by atoms with van der Waals surface area (Å²) < 4.78 is 1.70. The molecule has 0 radical (unpaired) electrons. The highest BCUT2D eigenvalue weighted by molar-refractivity contribution is 6.30. The van der Waals surface area contributed by atoms with E-state index < -0.39 is 0 Å². The number of anilines is 1. The first-order chi connectivity index (χ1) is 9.25. The average Bonchev–Trinajstić information content (AvgIpc) is 3.04. The van der Waals surface area contributed by atoms with Crippen LogP contribution in [0.1, 0.15) is 18.4 Å². The van der Waals surface area contributed by atoms with E-state index in [9.17, 15) is 0 Å². The van der Waals surface area contributed by atoms with Crippen molar-refractivity contribution in [1.82, 2.24) is 24.5 Å². The minimum atomic E-state index is 0.476. The Morgan fingerprint density at radius 1 is 1.37 bits per heavy atom. The molecule has 6 nitrogen and oxygen atoms in total. The summed E-state index contributed by atoms with van der Waals surface area (Å²) in [5.41, 5.74) is 0.904. The van der Waals surface area contributed by atoms with E-state index in [1.54, 1.807) is 4.52 Å². The molecule has 0 spiro atoms. The van der Waals surface area contributed by atoms with Gasteiger partial charge in [0.15, 0.2) is 0 Å². The SMILES string of the molecule is Cc1c(Cl)nc2ncnn2c1NCCN1CCCC1. The van der Waals surface area contributed by atoms with Crippen LogP contribution in [0.4, 0.5) is 5.82 Å². The molecule has 3 heterocycles. The lowest BCUT2D eigenvalue weighted by atomic mass is 10.3. The summed E-state index contributed by atoms with van der Waals surface area (Å²) in [7, 11) is 0. The van der Waals surface area contributed by atoms with Gasteiger partial charge in [-0.3, -0.25) is 0 Å². The van der Waals surface area contributed by atoms with Gasteiger partial charge in [-0.2, -0.15) is 19.6 Å². The Morgan fingerprint density at radius 2 is 2.16 bits per heavy atom. The van der Waals surface area contributed by atoms with Gasteiger partial charge in [-0.25, -0.2) is 0 Å². The highest BCUT2D eigenvalue weighted by Gasteiger charge is 2.13. The fourth-order valence-electron chi connectivity index (χ4n) is 2.44. The van der Waals surface area contributed by atoms with Gasteiger partial charge in [0.05, 0.1) is 0 Å². The Kier molecular flexibility index (Phi) is 3.52. The molecule has 2 aromatic rings. The number of aromatic nitrogens is 4. The Hall–Kier alpha value is -1.40. The van der Waals surface area contributed by atoms with Gasteiger partial charge < -0.3 is 10.2 Å². The third kappa shape index (κ3) is 2.50. The summed E-state index contributed by atoms with van der Waals surface area (Å²) in [5, 5.41) is 8.06. The number of nitrogens with zero attached hydrogens (tertiary/aromatic N) is 5. The zero-order valence-electron chi connectivity index (χ0n) is 10.9. The molecule has 1 aliphatic heterocycles. The molecule has 2 aromatic heterocycles. The number of fused-ring (bicyclic) bond motifs is 1. The molecule has 0 amide bonds. The topological polar surface area (TPSA) is 58.4 Å². The van der Waals surface area contributed by atoms with Crippen molar-refractivity contribution >= 4 is 23.2 Å². The highest BCUT2D eigenvalue weighted by atomic mass is 35.5. The van der Waals surface area contributed by atoms with Crippen LogP contribution >= 0.6 is 11.6 Å². The van der Waals surface area contributed by atoms with Crippen molar-refractivity contribution in [2.24, 2.45) is 0 Å². The first-order valence-electron chi connectivity index (χ1n) is 6.58. The van der Waals surface area contributed by atoms with Gasteiger partial charge in [-0.05, 0) is 32.9 Å². The summed E-state index contributed by atoms with van der Waals surface area (Å²) in [6.45, 7) is 6.26. The normalized spacial score (nSPS) is 16.3. The van der Waals surface area contributed by atoms with Gasteiger partial charge in [-0.15, -0.1) is 0 Å². The largest absolute Gasteiger partial charge is 0.368 e. The van der Waals surface area contributed by atoms with Crippen LogP contribution in [0.3, 0.4) is 0 Å². The zero-order valence-corrected chi connectivity index (χ0v) is 11.7. The molecule has 102 valence electrons. The van der Waals surface area contributed by atoms with Gasteiger partial charge in [0.25, 0.3) is 5.78 Å². The van der Waals surface area contributed by atoms with Crippen molar-refractivity contribution in [1.29, 1.82) is 0 Å². The van der Waals surface area contributed by atoms with E-state index >= 15 is 0 Å². The molecule has 7 heteroatoms. The number of hydrogen-bond acceptors (Lipinski definition) is 5. The minimum absolute atomic E-state index is 0.476. The summed E-state index contributed by atoms with van der Waals surface area (Å²) in [4.78, 5) is 10.7. The second kappa shape index (κ2) is 5.30. The lowest BCUT2D eigenvalue weighted by Gasteiger charge is -2.16. The molecule has 0 saturated carbocycles. The van der Waals surface area contributed by atoms with Crippen LogP contribution in [-0.2, 0) is 0 Å². The van der Waals surface area contributed by atoms with Crippen LogP contribution in [0.15, 0.2) is 6.33 Å². The smallest absolute Gasteiger partial charge is 0.255 e. The maximum Gasteiger partial charge on any atom is 0.255 e. The Balaban J connectivity index is 1.75. The first-order valence-corrected chi connectivity index (χ1v) is 6.95. The van der Waals surface area contributed by atoms with E-state index in [2.05, 4.69) is 25.3 Å². The van der Waals surface area contributed by atoms with Gasteiger partial charge in [-0.1, -0.05) is 11.6 Å². The lowest BCUT2D eigenvalue weighted by Crippen LogP contribution is -2.26. The highest BCUT2D eigenvalue weighted by Crippen LogP contribution is 2.21. The number of nitrogens with one attached hydrogen (secondary N) is 1. The van der Waals surface area contributed by atoms with Gasteiger partial charge in [0.2, 0.25) is 0 Å². The van der Waals surface area contributed by atoms with Crippen LogP contribution in [-0.4, -0.2) is 50.7 Å². The van der Waals surface area contributed by atoms with Crippen molar-refractivity contribution in [3.63, 3.8) is 0 Å². The molecule has 0 atom stereocenters. The van der Waals surface area contributed by atoms with Crippen LogP contribution < -0.4 is 5.32 Å². The van der Waals surface area contributed by atoms with E-state index in [4.69, 9.17) is 11.6 Å². The van der Waals surface area contributed by atoms with Crippen molar-refractivity contribution in [2.45, 2.75) is 19.8 Å². The number of likely N-dealkylation sites (tertiary alicyclic amines) is 1. The van der Waals surface area contributed by atoms with Crippen molar-refractivity contribution in [3.8, 4) is 0 Å². The zero-order chi connectivity index (χ0) is 13.2. The number of hydrogen-bond donors (Lipinski definition) is 1. The fraction of sp³-hybridized carbons (Fsp3) is 0.583. The van der Waals surface area contributed by atoms with E-state index in [0.29, 0.717) is 10.9 Å². The fourth-order valence-corrected chi connectivity index (χ4v) is 2.61. The predicted molar refractivity (Wildman–Crippen MR) is 74.7 cm³/mol. The maximum absolute atomic E-state index is 6.11. The number of halogens is 1. The molecular formula is C12H17ClN6. The monoisotopic (exact) mass is 280 g/mol. The molecule has 1 saturated heterocycles. The molecule has 1 fully saturated rings. The van der Waals surface area contributed by atoms with E-state index in [-0.39, 0.29) is 0 Å². The predicted octanol–water partition coefficient (Wildman–Crippen LogP) is 1.59. The molecule has 0 aromatic carbocycles. The van der Waals surface area contributed by atoms with Crippen LogP contribution in [0.5, 0.6) is 0 Å². The van der Waals surface area contributed by atoms with Crippen molar-refractivity contribution in [3.05, 3.63) is 17.0 Å². The van der Waals surface area contributed by atoms with Gasteiger partial charge >= 0.3 is 0 Å². The standard InChI is InChI=1S/C12H17ClN6/c1-9-10(13)17-12-15-8-16-19(12)11(9)14-4-7-18-5-2-3-6-18/h8,14H,2-7H2,1H3. The molecule has 0 unspecified atom stereocenters. The summed E-state index contributed by atoms with van der Waals surface area (Å²) in [6, 6.07) is 0. The maximum atomic E-state index is 6.11. The first kappa shape index (κ1) is 12.6. The molecule has 3 rings (SSSR count). The Bertz CT molecular complexity index is 575. The van der Waals surface area contributed by atoms with E-state index in [1.807, 2.05) is 6.92 Å². The third-order valence-corrected chi connectivity index (χ3v) is 3.89. The molecule has 0 aliphatic carbocycles. The van der Waals surface area contributed by atoms with Gasteiger partial charge in [0, 0.05) is 18.7 Å². The van der Waals surface area contributed by atoms with Crippen LogP contribution in [0.2, 0.25) is 5.15 Å². The quantitative estimate of drug-likeness (QED) is 0.862.